The molecule has 0 spiro atoms. The van der Waals surface area contributed by atoms with Gasteiger partial charge in [0.15, 0.2) is 0 Å². The molecule has 1 heterocycles. The molecule has 0 fully saturated rings. The second kappa shape index (κ2) is 15.5. The largest absolute Gasteiger partial charge is 0.480 e. The summed E-state index contributed by atoms with van der Waals surface area (Å²) in [7, 11) is 1.90. The highest BCUT2D eigenvalue weighted by atomic mass is 35.5. The van der Waals surface area contributed by atoms with Crippen molar-refractivity contribution in [2.24, 2.45) is 0 Å². The van der Waals surface area contributed by atoms with E-state index >= 15 is 0 Å². The van der Waals surface area contributed by atoms with Crippen LogP contribution in [0, 0.1) is 0 Å². The number of carbonyl (C=O) groups excluding carboxylic acids is 1. The number of hydrogen-bond acceptors (Lipinski definition) is 5. The summed E-state index contributed by atoms with van der Waals surface area (Å²) in [4.78, 5) is 38.4. The monoisotopic (exact) mass is 618 g/mol. The first-order chi connectivity index (χ1) is 20.7. The van der Waals surface area contributed by atoms with E-state index in [0.717, 1.165) is 31.2 Å². The molecule has 0 atom stereocenters. The van der Waals surface area contributed by atoms with Crippen molar-refractivity contribution in [3.8, 4) is 0 Å². The molecule has 1 aromatic heterocycles. The molecule has 4 rings (SSSR count). The van der Waals surface area contributed by atoms with E-state index in [4.69, 9.17) is 28.2 Å². The molecule has 224 valence electrons. The number of carbonyl (C=O) groups is 2. The van der Waals surface area contributed by atoms with Crippen LogP contribution in [0.25, 0.3) is 0 Å². The molecule has 0 bridgehead atoms. The lowest BCUT2D eigenvalue weighted by Gasteiger charge is -2.23. The average molecular weight is 620 g/mol. The Kier molecular flexibility index (Phi) is 11.5. The predicted octanol–water partition coefficient (Wildman–Crippen LogP) is 7.12. The van der Waals surface area contributed by atoms with E-state index in [2.05, 4.69) is 24.0 Å². The summed E-state index contributed by atoms with van der Waals surface area (Å²) >= 11 is 13.0. The normalized spacial score (nSPS) is 10.9. The van der Waals surface area contributed by atoms with Gasteiger partial charge in [0, 0.05) is 42.8 Å². The number of benzene rings is 3. The number of anilines is 1. The lowest BCUT2D eigenvalue weighted by molar-refractivity contribution is -0.137. The third-order valence-corrected chi connectivity index (χ3v) is 7.95. The first-order valence-electron chi connectivity index (χ1n) is 14.4. The molecule has 1 N–H and O–H groups in total. The zero-order chi connectivity index (χ0) is 30.8. The van der Waals surface area contributed by atoms with Crippen LogP contribution in [0.4, 0.5) is 5.95 Å². The third-order valence-electron chi connectivity index (χ3n) is 7.24. The number of rotatable bonds is 14. The van der Waals surface area contributed by atoms with Crippen molar-refractivity contribution in [2.45, 2.75) is 45.6 Å². The maximum Gasteiger partial charge on any atom is 0.323 e. The van der Waals surface area contributed by atoms with Gasteiger partial charge in [-0.25, -0.2) is 9.97 Å². The first-order valence-corrected chi connectivity index (χ1v) is 15.1. The number of carboxylic acids is 1. The van der Waals surface area contributed by atoms with Gasteiger partial charge in [-0.15, -0.1) is 0 Å². The molecule has 3 aromatic carbocycles. The van der Waals surface area contributed by atoms with Gasteiger partial charge in [-0.1, -0.05) is 97.2 Å². The highest BCUT2D eigenvalue weighted by Crippen LogP contribution is 2.28. The van der Waals surface area contributed by atoms with Crippen molar-refractivity contribution in [3.05, 3.63) is 123 Å². The molecule has 7 nitrogen and oxygen atoms in total. The number of hydrogen-bond donors (Lipinski definition) is 1. The Balaban J connectivity index is 1.65. The van der Waals surface area contributed by atoms with Crippen LogP contribution in [0.1, 0.15) is 58.1 Å². The summed E-state index contributed by atoms with van der Waals surface area (Å²) in [5, 5.41) is 10.6. The number of aromatic nitrogens is 2. The van der Waals surface area contributed by atoms with Crippen molar-refractivity contribution >= 4 is 41.0 Å². The van der Waals surface area contributed by atoms with E-state index < -0.39 is 18.4 Å². The molecule has 43 heavy (non-hydrogen) atoms. The Labute approximate surface area is 263 Å². The summed E-state index contributed by atoms with van der Waals surface area (Å²) in [5.41, 5.74) is 4.49. The van der Waals surface area contributed by atoms with Crippen LogP contribution in [-0.2, 0) is 30.6 Å². The highest BCUT2D eigenvalue weighted by molar-refractivity contribution is 6.36. The van der Waals surface area contributed by atoms with Crippen molar-refractivity contribution in [2.75, 3.05) is 25.0 Å². The average Bonchev–Trinajstić information content (AvgIpc) is 3.01. The molecule has 0 saturated carbocycles. The van der Waals surface area contributed by atoms with E-state index in [1.807, 2.05) is 54.4 Å². The fraction of sp³-hybridized carbons (Fsp3) is 0.294. The molecule has 0 saturated heterocycles. The minimum Gasteiger partial charge on any atom is -0.480 e. The fourth-order valence-electron chi connectivity index (χ4n) is 4.76. The highest BCUT2D eigenvalue weighted by Gasteiger charge is 2.25. The van der Waals surface area contributed by atoms with Gasteiger partial charge in [0.25, 0.3) is 5.91 Å². The van der Waals surface area contributed by atoms with Crippen LogP contribution in [0.15, 0.2) is 79.0 Å². The quantitative estimate of drug-likeness (QED) is 0.162. The number of aryl methyl sites for hydroxylation is 1. The number of unbranched alkanes of at least 4 members (excludes halogenated alkanes) is 1. The maximum absolute atomic E-state index is 14.0. The summed E-state index contributed by atoms with van der Waals surface area (Å²) in [5.74, 6) is -1.14. The van der Waals surface area contributed by atoms with Crippen LogP contribution < -0.4 is 4.90 Å². The lowest BCUT2D eigenvalue weighted by Crippen LogP contribution is -2.36. The van der Waals surface area contributed by atoms with E-state index in [-0.39, 0.29) is 18.5 Å². The Hall–Kier alpha value is -3.94. The number of nitrogens with zero attached hydrogens (tertiary/aromatic N) is 4. The van der Waals surface area contributed by atoms with Gasteiger partial charge in [0.1, 0.15) is 6.54 Å². The van der Waals surface area contributed by atoms with Gasteiger partial charge < -0.3 is 14.9 Å². The van der Waals surface area contributed by atoms with Gasteiger partial charge in [-0.05, 0) is 53.6 Å². The van der Waals surface area contributed by atoms with Crippen LogP contribution >= 0.6 is 23.2 Å². The number of aliphatic carboxylic acids is 1. The van der Waals surface area contributed by atoms with Crippen molar-refractivity contribution in [1.29, 1.82) is 0 Å². The Morgan fingerprint density at radius 2 is 1.51 bits per heavy atom. The number of amides is 1. The standard InChI is InChI=1S/C34H36Cl2N4O3/c1-3-4-9-25-14-16-26(17-15-25)22-40(23-32(41)42)33(43)28-21-37-34(39(2)19-18-24-10-6-5-7-11-24)38-31(28)20-27-29(35)12-8-13-30(27)36/h5-8,10-17,21H,3-4,9,18-20,22-23H2,1-2H3,(H,41,42). The van der Waals surface area contributed by atoms with Crippen molar-refractivity contribution in [3.63, 3.8) is 0 Å². The number of halogens is 2. The summed E-state index contributed by atoms with van der Waals surface area (Å²) in [6, 6.07) is 23.3. The Morgan fingerprint density at radius 3 is 2.16 bits per heavy atom. The molecule has 0 unspecified atom stereocenters. The van der Waals surface area contributed by atoms with Gasteiger partial charge >= 0.3 is 5.97 Å². The van der Waals surface area contributed by atoms with Crippen LogP contribution in [0.2, 0.25) is 10.0 Å². The SMILES string of the molecule is CCCCc1ccc(CN(CC(=O)O)C(=O)c2cnc(N(C)CCc3ccccc3)nc2Cc2c(Cl)cccc2Cl)cc1. The van der Waals surface area contributed by atoms with Gasteiger partial charge in [0.05, 0.1) is 11.3 Å². The van der Waals surface area contributed by atoms with E-state index in [9.17, 15) is 14.7 Å². The fourth-order valence-corrected chi connectivity index (χ4v) is 5.29. The second-order valence-corrected chi connectivity index (χ2v) is 11.4. The number of carboxylic acid groups (broad SMARTS) is 1. The zero-order valence-corrected chi connectivity index (χ0v) is 26.0. The first kappa shape index (κ1) is 32.0. The van der Waals surface area contributed by atoms with Crippen molar-refractivity contribution in [1.82, 2.24) is 14.9 Å². The predicted molar refractivity (Wildman–Crippen MR) is 172 cm³/mol. The second-order valence-electron chi connectivity index (χ2n) is 10.5. The molecule has 0 aliphatic carbocycles. The summed E-state index contributed by atoms with van der Waals surface area (Å²) < 4.78 is 0. The van der Waals surface area contributed by atoms with Crippen molar-refractivity contribution < 1.29 is 14.7 Å². The molecule has 4 aromatic rings. The van der Waals surface area contributed by atoms with E-state index in [0.29, 0.717) is 33.8 Å². The van der Waals surface area contributed by atoms with Crippen LogP contribution in [0.3, 0.4) is 0 Å². The minimum atomic E-state index is -1.11. The molecule has 0 aliphatic heterocycles. The van der Waals surface area contributed by atoms with Gasteiger partial charge in [-0.2, -0.15) is 0 Å². The molecular weight excluding hydrogens is 583 g/mol. The minimum absolute atomic E-state index is 0.129. The van der Waals surface area contributed by atoms with E-state index in [1.54, 1.807) is 18.2 Å². The number of likely N-dealkylation sites (N-methyl/N-ethyl adjacent to an activating group) is 1. The summed E-state index contributed by atoms with van der Waals surface area (Å²) in [6.45, 7) is 2.46. The molecule has 9 heteroatoms. The summed E-state index contributed by atoms with van der Waals surface area (Å²) in [6.07, 6.45) is 5.62. The lowest BCUT2D eigenvalue weighted by atomic mass is 10.0. The maximum atomic E-state index is 14.0. The molecular formula is C34H36Cl2N4O3. The molecule has 0 aliphatic rings. The molecule has 0 radical (unpaired) electrons. The van der Waals surface area contributed by atoms with Gasteiger partial charge in [0.2, 0.25) is 5.95 Å². The van der Waals surface area contributed by atoms with Crippen LogP contribution in [-0.4, -0.2) is 52.0 Å². The molecule has 1 amide bonds. The zero-order valence-electron chi connectivity index (χ0n) is 24.5. The Bertz CT molecular complexity index is 1510. The topological polar surface area (TPSA) is 86.6 Å². The smallest absolute Gasteiger partial charge is 0.323 e. The third kappa shape index (κ3) is 9.02. The van der Waals surface area contributed by atoms with E-state index in [1.165, 1.54) is 22.2 Å². The Morgan fingerprint density at radius 1 is 0.860 bits per heavy atom. The van der Waals surface area contributed by atoms with Gasteiger partial charge in [-0.3, -0.25) is 9.59 Å². The van der Waals surface area contributed by atoms with Crippen LogP contribution in [0.5, 0.6) is 0 Å².